The normalized spacial score (nSPS) is 10.2. The zero-order chi connectivity index (χ0) is 20.4. The number of amides is 2. The number of unbranched alkanes of at least 4 members (excludes halogenated alkanes) is 1. The summed E-state index contributed by atoms with van der Waals surface area (Å²) in [5.74, 6) is 0.603. The maximum atomic E-state index is 12.3. The standard InChI is InChI=1S/C22H29N3O3/c1-4-6-14-28-18-12-10-17(11-13-18)23-15-22(27)25-20-9-7-8-19(16(20)3)24-21(26)5-2/h7-13,23H,4-6,14-15H2,1-3H3,(H,24,26)(H,25,27). The summed E-state index contributed by atoms with van der Waals surface area (Å²) in [5, 5.41) is 8.81. The molecule has 2 aromatic carbocycles. The largest absolute Gasteiger partial charge is 0.494 e. The molecule has 0 saturated carbocycles. The number of ether oxygens (including phenoxy) is 1. The number of benzene rings is 2. The second kappa shape index (κ2) is 11.0. The fourth-order valence-corrected chi connectivity index (χ4v) is 2.53. The molecule has 0 radical (unpaired) electrons. The van der Waals surface area contributed by atoms with Gasteiger partial charge in [0.05, 0.1) is 13.2 Å². The summed E-state index contributed by atoms with van der Waals surface area (Å²) >= 11 is 0. The van der Waals surface area contributed by atoms with Crippen molar-refractivity contribution in [1.29, 1.82) is 0 Å². The van der Waals surface area contributed by atoms with Gasteiger partial charge in [-0.2, -0.15) is 0 Å². The summed E-state index contributed by atoms with van der Waals surface area (Å²) in [5.41, 5.74) is 3.06. The van der Waals surface area contributed by atoms with Gasteiger partial charge in [-0.3, -0.25) is 9.59 Å². The molecule has 28 heavy (non-hydrogen) atoms. The van der Waals surface area contributed by atoms with Gasteiger partial charge in [-0.25, -0.2) is 0 Å². The highest BCUT2D eigenvalue weighted by atomic mass is 16.5. The van der Waals surface area contributed by atoms with Crippen LogP contribution < -0.4 is 20.7 Å². The lowest BCUT2D eigenvalue weighted by Gasteiger charge is -2.14. The minimum absolute atomic E-state index is 0.0598. The smallest absolute Gasteiger partial charge is 0.243 e. The Morgan fingerprint density at radius 2 is 1.57 bits per heavy atom. The second-order valence-corrected chi connectivity index (χ2v) is 6.51. The highest BCUT2D eigenvalue weighted by Gasteiger charge is 2.09. The first-order valence-electron chi connectivity index (χ1n) is 9.69. The summed E-state index contributed by atoms with van der Waals surface area (Å²) in [4.78, 5) is 23.9. The van der Waals surface area contributed by atoms with Crippen LogP contribution in [0.1, 0.15) is 38.7 Å². The van der Waals surface area contributed by atoms with E-state index in [9.17, 15) is 9.59 Å². The van der Waals surface area contributed by atoms with Crippen molar-refractivity contribution in [2.24, 2.45) is 0 Å². The fourth-order valence-electron chi connectivity index (χ4n) is 2.53. The lowest BCUT2D eigenvalue weighted by molar-refractivity contribution is -0.116. The molecule has 0 bridgehead atoms. The molecule has 0 spiro atoms. The highest BCUT2D eigenvalue weighted by Crippen LogP contribution is 2.23. The van der Waals surface area contributed by atoms with E-state index >= 15 is 0 Å². The summed E-state index contributed by atoms with van der Waals surface area (Å²) in [7, 11) is 0. The first-order chi connectivity index (χ1) is 13.5. The molecule has 6 nitrogen and oxygen atoms in total. The number of hydrogen-bond donors (Lipinski definition) is 3. The van der Waals surface area contributed by atoms with Crippen molar-refractivity contribution in [2.45, 2.75) is 40.0 Å². The van der Waals surface area contributed by atoms with E-state index in [1.165, 1.54) is 0 Å². The molecule has 0 aliphatic carbocycles. The third-order valence-electron chi connectivity index (χ3n) is 4.28. The molecular weight excluding hydrogens is 354 g/mol. The number of nitrogens with one attached hydrogen (secondary N) is 3. The van der Waals surface area contributed by atoms with Crippen LogP contribution in [0.3, 0.4) is 0 Å². The predicted octanol–water partition coefficient (Wildman–Crippen LogP) is 4.57. The Labute approximate surface area is 166 Å². The van der Waals surface area contributed by atoms with Crippen molar-refractivity contribution in [3.63, 3.8) is 0 Å². The number of carbonyl (C=O) groups is 2. The maximum absolute atomic E-state index is 12.3. The van der Waals surface area contributed by atoms with E-state index in [0.717, 1.165) is 29.8 Å². The van der Waals surface area contributed by atoms with Crippen molar-refractivity contribution in [3.8, 4) is 5.75 Å². The molecule has 0 heterocycles. The van der Waals surface area contributed by atoms with Crippen LogP contribution in [0.5, 0.6) is 5.75 Å². The summed E-state index contributed by atoms with van der Waals surface area (Å²) < 4.78 is 5.63. The van der Waals surface area contributed by atoms with Crippen LogP contribution >= 0.6 is 0 Å². The van der Waals surface area contributed by atoms with Crippen LogP contribution in [0.4, 0.5) is 17.1 Å². The molecular formula is C22H29N3O3. The molecule has 0 saturated heterocycles. The van der Waals surface area contributed by atoms with Crippen molar-refractivity contribution in [1.82, 2.24) is 0 Å². The van der Waals surface area contributed by atoms with Crippen LogP contribution in [0.25, 0.3) is 0 Å². The van der Waals surface area contributed by atoms with Gasteiger partial charge in [0.1, 0.15) is 5.75 Å². The predicted molar refractivity (Wildman–Crippen MR) is 114 cm³/mol. The average Bonchev–Trinajstić information content (AvgIpc) is 2.70. The van der Waals surface area contributed by atoms with Gasteiger partial charge in [-0.15, -0.1) is 0 Å². The Kier molecular flexibility index (Phi) is 8.34. The van der Waals surface area contributed by atoms with Crippen LogP contribution in [-0.4, -0.2) is 25.0 Å². The molecule has 3 N–H and O–H groups in total. The van der Waals surface area contributed by atoms with Crippen LogP contribution in [0.2, 0.25) is 0 Å². The first-order valence-corrected chi connectivity index (χ1v) is 9.69. The molecule has 0 fully saturated rings. The summed E-state index contributed by atoms with van der Waals surface area (Å²) in [6.07, 6.45) is 2.54. The van der Waals surface area contributed by atoms with Crippen LogP contribution in [0, 0.1) is 6.92 Å². The van der Waals surface area contributed by atoms with E-state index in [4.69, 9.17) is 4.74 Å². The lowest BCUT2D eigenvalue weighted by Crippen LogP contribution is -2.22. The van der Waals surface area contributed by atoms with E-state index in [1.807, 2.05) is 43.3 Å². The van der Waals surface area contributed by atoms with Gasteiger partial charge >= 0.3 is 0 Å². The quantitative estimate of drug-likeness (QED) is 0.525. The van der Waals surface area contributed by atoms with E-state index < -0.39 is 0 Å². The lowest BCUT2D eigenvalue weighted by atomic mass is 10.1. The Hall–Kier alpha value is -3.02. The van der Waals surface area contributed by atoms with Gasteiger partial charge in [0.2, 0.25) is 11.8 Å². The molecule has 0 aromatic heterocycles. The maximum Gasteiger partial charge on any atom is 0.243 e. The monoisotopic (exact) mass is 383 g/mol. The molecule has 0 unspecified atom stereocenters. The van der Waals surface area contributed by atoms with Crippen molar-refractivity contribution in [3.05, 3.63) is 48.0 Å². The van der Waals surface area contributed by atoms with Gasteiger partial charge in [-0.1, -0.05) is 26.3 Å². The number of carbonyl (C=O) groups excluding carboxylic acids is 2. The van der Waals surface area contributed by atoms with Gasteiger partial charge in [0.25, 0.3) is 0 Å². The topological polar surface area (TPSA) is 79.5 Å². The second-order valence-electron chi connectivity index (χ2n) is 6.51. The minimum Gasteiger partial charge on any atom is -0.494 e. The third kappa shape index (κ3) is 6.61. The zero-order valence-electron chi connectivity index (χ0n) is 16.8. The Balaban J connectivity index is 1.87. The highest BCUT2D eigenvalue weighted by molar-refractivity contribution is 5.97. The average molecular weight is 383 g/mol. The number of rotatable bonds is 10. The first kappa shape index (κ1) is 21.3. The Morgan fingerprint density at radius 1 is 0.929 bits per heavy atom. The van der Waals surface area contributed by atoms with Gasteiger partial charge < -0.3 is 20.7 Å². The number of hydrogen-bond acceptors (Lipinski definition) is 4. The van der Waals surface area contributed by atoms with E-state index in [2.05, 4.69) is 22.9 Å². The zero-order valence-corrected chi connectivity index (χ0v) is 16.8. The van der Waals surface area contributed by atoms with Gasteiger partial charge in [-0.05, 0) is 55.3 Å². The van der Waals surface area contributed by atoms with Crippen molar-refractivity contribution in [2.75, 3.05) is 29.1 Å². The number of anilines is 3. The van der Waals surface area contributed by atoms with E-state index in [-0.39, 0.29) is 18.4 Å². The Bertz CT molecular complexity index is 788. The van der Waals surface area contributed by atoms with E-state index in [1.54, 1.807) is 13.0 Å². The summed E-state index contributed by atoms with van der Waals surface area (Å²) in [6, 6.07) is 13.0. The van der Waals surface area contributed by atoms with Crippen LogP contribution in [0.15, 0.2) is 42.5 Å². The molecule has 2 rings (SSSR count). The van der Waals surface area contributed by atoms with Crippen molar-refractivity contribution < 1.29 is 14.3 Å². The van der Waals surface area contributed by atoms with E-state index in [0.29, 0.717) is 24.4 Å². The minimum atomic E-state index is -0.162. The SMILES string of the molecule is CCCCOc1ccc(NCC(=O)Nc2cccc(NC(=O)CC)c2C)cc1. The fraction of sp³-hybridized carbons (Fsp3) is 0.364. The van der Waals surface area contributed by atoms with Gasteiger partial charge in [0.15, 0.2) is 0 Å². The molecule has 2 amide bonds. The van der Waals surface area contributed by atoms with Crippen molar-refractivity contribution >= 4 is 28.9 Å². The molecule has 0 atom stereocenters. The van der Waals surface area contributed by atoms with Crippen LogP contribution in [-0.2, 0) is 9.59 Å². The molecule has 0 aliphatic heterocycles. The molecule has 0 aliphatic rings. The van der Waals surface area contributed by atoms with Gasteiger partial charge in [0, 0.05) is 23.5 Å². The Morgan fingerprint density at radius 3 is 2.18 bits per heavy atom. The molecule has 6 heteroatoms. The third-order valence-corrected chi connectivity index (χ3v) is 4.28. The molecule has 2 aromatic rings. The molecule has 150 valence electrons. The summed E-state index contributed by atoms with van der Waals surface area (Å²) in [6.45, 7) is 6.64.